The second-order valence-electron chi connectivity index (χ2n) is 6.10. The zero-order valence-electron chi connectivity index (χ0n) is 14.7. The number of amides is 1. The number of anilines is 1. The Hall–Kier alpha value is -3.48. The molecule has 27 heavy (non-hydrogen) atoms. The van der Waals surface area contributed by atoms with Gasteiger partial charge in [-0.3, -0.25) is 14.9 Å². The monoisotopic (exact) mass is 368 g/mol. The number of hydrogen-bond donors (Lipinski definition) is 1. The number of fused-ring (bicyclic) bond motifs is 1. The van der Waals surface area contributed by atoms with Gasteiger partial charge in [-0.2, -0.15) is 0 Å². The average Bonchev–Trinajstić information content (AvgIpc) is 2.67. The van der Waals surface area contributed by atoms with Gasteiger partial charge in [-0.05, 0) is 41.5 Å². The molecule has 0 unspecified atom stereocenters. The van der Waals surface area contributed by atoms with Crippen LogP contribution in [0.1, 0.15) is 18.4 Å². The quantitative estimate of drug-likeness (QED) is 0.525. The van der Waals surface area contributed by atoms with Crippen LogP contribution in [-0.2, 0) is 4.79 Å². The average molecular weight is 368 g/mol. The highest BCUT2D eigenvalue weighted by Crippen LogP contribution is 2.27. The molecule has 0 bridgehead atoms. The van der Waals surface area contributed by atoms with E-state index in [2.05, 4.69) is 5.32 Å². The molecule has 3 aromatic carbocycles. The van der Waals surface area contributed by atoms with E-state index in [1.54, 1.807) is 14.0 Å². The minimum absolute atomic E-state index is 0.216. The maximum Gasteiger partial charge on any atom is 0.271 e. The normalized spacial score (nSPS) is 11.8. The fraction of sp³-hybridized carbons (Fsp3) is 0.150. The lowest BCUT2D eigenvalue weighted by atomic mass is 9.97. The molecule has 6 nitrogen and oxygen atoms in total. The van der Waals surface area contributed by atoms with Crippen molar-refractivity contribution in [2.75, 3.05) is 12.4 Å². The minimum Gasteiger partial charge on any atom is -0.497 e. The molecule has 0 aromatic heterocycles. The Labute approximate surface area is 154 Å². The van der Waals surface area contributed by atoms with Crippen molar-refractivity contribution >= 4 is 28.1 Å². The van der Waals surface area contributed by atoms with Crippen molar-refractivity contribution in [3.05, 3.63) is 76.1 Å². The number of ether oxygens (including phenoxy) is 1. The Morgan fingerprint density at radius 1 is 1.11 bits per heavy atom. The van der Waals surface area contributed by atoms with Crippen molar-refractivity contribution in [3.8, 4) is 5.75 Å². The van der Waals surface area contributed by atoms with Gasteiger partial charge < -0.3 is 10.1 Å². The topological polar surface area (TPSA) is 81.5 Å². The number of carbonyl (C=O) groups excluding carboxylic acids is 1. The van der Waals surface area contributed by atoms with E-state index in [0.29, 0.717) is 0 Å². The first-order chi connectivity index (χ1) is 12.9. The van der Waals surface area contributed by atoms with Crippen LogP contribution in [0.4, 0.5) is 15.8 Å². The van der Waals surface area contributed by atoms with Crippen molar-refractivity contribution < 1.29 is 18.8 Å². The second-order valence-corrected chi connectivity index (χ2v) is 6.10. The van der Waals surface area contributed by atoms with Gasteiger partial charge in [0, 0.05) is 12.1 Å². The maximum absolute atomic E-state index is 13.9. The molecule has 3 aromatic rings. The highest BCUT2D eigenvalue weighted by molar-refractivity contribution is 5.97. The lowest BCUT2D eigenvalue weighted by Gasteiger charge is -2.14. The predicted molar refractivity (Wildman–Crippen MR) is 101 cm³/mol. The van der Waals surface area contributed by atoms with E-state index in [1.165, 1.54) is 0 Å². The van der Waals surface area contributed by atoms with Crippen molar-refractivity contribution in [2.45, 2.75) is 12.8 Å². The fourth-order valence-corrected chi connectivity index (χ4v) is 2.75. The molecule has 0 aliphatic rings. The molecule has 0 heterocycles. The highest BCUT2D eigenvalue weighted by Gasteiger charge is 2.19. The Bertz CT molecular complexity index is 1040. The molecule has 0 aliphatic carbocycles. The summed E-state index contributed by atoms with van der Waals surface area (Å²) >= 11 is 0. The van der Waals surface area contributed by atoms with E-state index < -0.39 is 22.6 Å². The van der Waals surface area contributed by atoms with Crippen molar-refractivity contribution in [2.24, 2.45) is 0 Å². The van der Waals surface area contributed by atoms with Crippen LogP contribution in [0.3, 0.4) is 0 Å². The molecule has 0 radical (unpaired) electrons. The van der Waals surface area contributed by atoms with Gasteiger partial charge in [-0.25, -0.2) is 4.39 Å². The van der Waals surface area contributed by atoms with Crippen LogP contribution in [0.5, 0.6) is 5.75 Å². The first-order valence-electron chi connectivity index (χ1n) is 8.21. The molecule has 0 aliphatic heterocycles. The van der Waals surface area contributed by atoms with E-state index in [-0.39, 0.29) is 11.4 Å². The fourth-order valence-electron chi connectivity index (χ4n) is 2.75. The Morgan fingerprint density at radius 2 is 1.81 bits per heavy atom. The largest absolute Gasteiger partial charge is 0.497 e. The maximum atomic E-state index is 13.9. The van der Waals surface area contributed by atoms with Crippen LogP contribution in [0, 0.1) is 15.9 Å². The Kier molecular flexibility index (Phi) is 5.03. The van der Waals surface area contributed by atoms with Gasteiger partial charge >= 0.3 is 0 Å². The van der Waals surface area contributed by atoms with Crippen LogP contribution < -0.4 is 10.1 Å². The highest BCUT2D eigenvalue weighted by atomic mass is 19.1. The molecule has 1 amide bonds. The third-order valence-corrected chi connectivity index (χ3v) is 4.38. The van der Waals surface area contributed by atoms with Crippen molar-refractivity contribution in [3.63, 3.8) is 0 Å². The van der Waals surface area contributed by atoms with Gasteiger partial charge in [0.05, 0.1) is 23.6 Å². The molecule has 1 N–H and O–H groups in total. The molecule has 138 valence electrons. The Morgan fingerprint density at radius 3 is 2.52 bits per heavy atom. The van der Waals surface area contributed by atoms with Crippen LogP contribution in [0.25, 0.3) is 10.8 Å². The number of hydrogen-bond acceptors (Lipinski definition) is 4. The van der Waals surface area contributed by atoms with Crippen molar-refractivity contribution in [1.29, 1.82) is 0 Å². The summed E-state index contributed by atoms with van der Waals surface area (Å²) in [5.74, 6) is -1.02. The van der Waals surface area contributed by atoms with Crippen LogP contribution in [0.15, 0.2) is 54.6 Å². The number of non-ortho nitro benzene ring substituents is 1. The summed E-state index contributed by atoms with van der Waals surface area (Å²) in [6.07, 6.45) is 0. The predicted octanol–water partition coefficient (Wildman–Crippen LogP) is 4.64. The number of nitro groups is 1. The Balaban J connectivity index is 1.84. The molecule has 3 rings (SSSR count). The number of nitrogens with zero attached hydrogens (tertiary/aromatic N) is 1. The summed E-state index contributed by atoms with van der Waals surface area (Å²) in [7, 11) is 1.59. The lowest BCUT2D eigenvalue weighted by molar-refractivity contribution is -0.384. The molecule has 0 saturated heterocycles. The van der Waals surface area contributed by atoms with E-state index in [1.807, 2.05) is 36.4 Å². The lowest BCUT2D eigenvalue weighted by Crippen LogP contribution is -2.19. The molecule has 0 spiro atoms. The zero-order chi connectivity index (χ0) is 19.6. The number of benzene rings is 3. The molecule has 7 heteroatoms. The molecule has 0 fully saturated rings. The summed E-state index contributed by atoms with van der Waals surface area (Å²) in [6, 6.07) is 14.2. The molecular formula is C20H17FN2O4. The number of nitro benzene ring substituents is 1. The van der Waals surface area contributed by atoms with Gasteiger partial charge in [0.1, 0.15) is 11.6 Å². The number of methoxy groups -OCH3 is 1. The van der Waals surface area contributed by atoms with Gasteiger partial charge in [-0.1, -0.05) is 24.3 Å². The number of carbonyl (C=O) groups is 1. The summed E-state index contributed by atoms with van der Waals surface area (Å²) in [5.41, 5.74) is 0.238. The number of nitrogens with one attached hydrogen (secondary N) is 1. The molecule has 0 saturated carbocycles. The standard InChI is InChI=1S/C20H17FN2O4/c1-12(13-3-4-15-10-17(27-2)7-5-14(15)9-13)20(24)22-19-11-16(23(25)26)6-8-18(19)21/h3-12H,1-2H3,(H,22,24)/t12-/m0/s1. The number of rotatable bonds is 5. The van der Waals surface area contributed by atoms with Crippen LogP contribution in [0.2, 0.25) is 0 Å². The summed E-state index contributed by atoms with van der Waals surface area (Å²) in [6.45, 7) is 1.69. The first-order valence-corrected chi connectivity index (χ1v) is 8.21. The van der Waals surface area contributed by atoms with Gasteiger partial charge in [0.15, 0.2) is 0 Å². The van der Waals surface area contributed by atoms with E-state index in [0.717, 1.165) is 40.3 Å². The zero-order valence-corrected chi connectivity index (χ0v) is 14.7. The number of halogens is 1. The van der Waals surface area contributed by atoms with E-state index in [9.17, 15) is 19.3 Å². The van der Waals surface area contributed by atoms with E-state index >= 15 is 0 Å². The van der Waals surface area contributed by atoms with Gasteiger partial charge in [0.25, 0.3) is 5.69 Å². The SMILES string of the molecule is COc1ccc2cc([C@H](C)C(=O)Nc3cc([N+](=O)[O-])ccc3F)ccc2c1. The summed E-state index contributed by atoms with van der Waals surface area (Å²) in [4.78, 5) is 22.7. The molecule has 1 atom stereocenters. The smallest absolute Gasteiger partial charge is 0.271 e. The summed E-state index contributed by atoms with van der Waals surface area (Å²) in [5, 5.41) is 15.2. The summed E-state index contributed by atoms with van der Waals surface area (Å²) < 4.78 is 19.1. The van der Waals surface area contributed by atoms with Gasteiger partial charge in [0.2, 0.25) is 5.91 Å². The van der Waals surface area contributed by atoms with E-state index in [4.69, 9.17) is 4.74 Å². The second kappa shape index (κ2) is 7.41. The van der Waals surface area contributed by atoms with Gasteiger partial charge in [-0.15, -0.1) is 0 Å². The van der Waals surface area contributed by atoms with Crippen LogP contribution >= 0.6 is 0 Å². The minimum atomic E-state index is -0.730. The first kappa shape index (κ1) is 18.3. The van der Waals surface area contributed by atoms with Crippen molar-refractivity contribution in [1.82, 2.24) is 0 Å². The van der Waals surface area contributed by atoms with Crippen LogP contribution in [-0.4, -0.2) is 17.9 Å². The third-order valence-electron chi connectivity index (χ3n) is 4.38. The third kappa shape index (κ3) is 3.87. The molecular weight excluding hydrogens is 351 g/mol.